The Balaban J connectivity index is 2.08. The molecular formula is C18H17NO3S2. The number of hydrogen-bond donors (Lipinski definition) is 0. The molecule has 0 N–H and O–H groups in total. The van der Waals surface area contributed by atoms with E-state index in [1.807, 2.05) is 37.4 Å². The van der Waals surface area contributed by atoms with Gasteiger partial charge in [0.05, 0.1) is 22.8 Å². The first-order chi connectivity index (χ1) is 11.7. The number of imide groups is 1. The lowest BCUT2D eigenvalue weighted by Gasteiger charge is -2.18. The second-order valence-electron chi connectivity index (χ2n) is 4.96. The molecule has 0 aliphatic carbocycles. The van der Waals surface area contributed by atoms with E-state index in [1.54, 1.807) is 18.2 Å². The summed E-state index contributed by atoms with van der Waals surface area (Å²) in [6.45, 7) is 4.31. The van der Waals surface area contributed by atoms with Crippen LogP contribution in [0.1, 0.15) is 18.7 Å². The molecule has 1 aliphatic rings. The van der Waals surface area contributed by atoms with Crippen molar-refractivity contribution in [1.82, 2.24) is 0 Å². The molecule has 0 atom stereocenters. The average molecular weight is 359 g/mol. The summed E-state index contributed by atoms with van der Waals surface area (Å²) in [4.78, 5) is 28.6. The normalized spacial score (nSPS) is 14.7. The van der Waals surface area contributed by atoms with Crippen LogP contribution in [0.4, 0.5) is 5.69 Å². The first kappa shape index (κ1) is 16.8. The average Bonchev–Trinajstić information content (AvgIpc) is 3.17. The molecule has 4 nitrogen and oxygen atoms in total. The molecule has 6 heteroatoms. The Morgan fingerprint density at radius 3 is 2.54 bits per heavy atom. The van der Waals surface area contributed by atoms with E-state index in [0.717, 1.165) is 10.6 Å². The minimum Gasteiger partial charge on any atom is -0.492 e. The van der Waals surface area contributed by atoms with E-state index >= 15 is 0 Å². The van der Waals surface area contributed by atoms with Crippen LogP contribution in [0, 0.1) is 0 Å². The number of para-hydroxylation sites is 2. The van der Waals surface area contributed by atoms with Crippen LogP contribution in [0.3, 0.4) is 0 Å². The second-order valence-corrected chi connectivity index (χ2v) is 7.18. The fourth-order valence-electron chi connectivity index (χ4n) is 2.56. The maximum atomic E-state index is 13.0. The van der Waals surface area contributed by atoms with Crippen molar-refractivity contribution in [2.75, 3.05) is 17.3 Å². The topological polar surface area (TPSA) is 46.6 Å². The lowest BCUT2D eigenvalue weighted by atomic mass is 10.2. The van der Waals surface area contributed by atoms with Crippen molar-refractivity contribution in [1.29, 1.82) is 0 Å². The number of carbonyl (C=O) groups excluding carboxylic acids is 2. The number of amides is 2. The summed E-state index contributed by atoms with van der Waals surface area (Å²) in [6.07, 6.45) is 0. The van der Waals surface area contributed by atoms with Crippen LogP contribution in [0.2, 0.25) is 0 Å². The minimum atomic E-state index is -0.287. The quantitative estimate of drug-likeness (QED) is 0.726. The molecule has 0 bridgehead atoms. The van der Waals surface area contributed by atoms with E-state index in [4.69, 9.17) is 4.74 Å². The third kappa shape index (κ3) is 2.87. The molecule has 3 rings (SSSR count). The Labute approximate surface area is 149 Å². The number of anilines is 1. The van der Waals surface area contributed by atoms with Crippen molar-refractivity contribution in [2.45, 2.75) is 13.8 Å². The summed E-state index contributed by atoms with van der Waals surface area (Å²) >= 11 is 2.87. The molecular weight excluding hydrogens is 342 g/mol. The molecule has 2 amide bonds. The fraction of sp³-hybridized carbons (Fsp3) is 0.222. The summed E-state index contributed by atoms with van der Waals surface area (Å²) in [7, 11) is 0. The Morgan fingerprint density at radius 1 is 1.08 bits per heavy atom. The molecule has 0 spiro atoms. The van der Waals surface area contributed by atoms with Gasteiger partial charge in [-0.1, -0.05) is 25.1 Å². The lowest BCUT2D eigenvalue weighted by molar-refractivity contribution is -0.119. The van der Waals surface area contributed by atoms with Crippen LogP contribution in [0.5, 0.6) is 5.75 Å². The summed E-state index contributed by atoms with van der Waals surface area (Å²) in [5.74, 6) is 0.701. The van der Waals surface area contributed by atoms with Gasteiger partial charge in [-0.05, 0) is 36.3 Å². The molecule has 0 saturated carbocycles. The summed E-state index contributed by atoms with van der Waals surface area (Å²) in [6, 6.07) is 10.9. The highest BCUT2D eigenvalue weighted by molar-refractivity contribution is 8.04. The van der Waals surface area contributed by atoms with Crippen LogP contribution in [0.25, 0.3) is 5.57 Å². The monoisotopic (exact) mass is 359 g/mol. The zero-order valence-electron chi connectivity index (χ0n) is 13.4. The van der Waals surface area contributed by atoms with Crippen LogP contribution < -0.4 is 9.64 Å². The summed E-state index contributed by atoms with van der Waals surface area (Å²) in [5.41, 5.74) is 0.989. The fourth-order valence-corrected chi connectivity index (χ4v) is 4.24. The molecule has 1 aromatic heterocycles. The Kier molecular flexibility index (Phi) is 5.06. The number of thioether (sulfide) groups is 1. The SMILES string of the molecule is CCOc1ccccc1N1C(=O)C(SCC)=C(c2cccs2)C1=O. The highest BCUT2D eigenvalue weighted by atomic mass is 32.2. The van der Waals surface area contributed by atoms with Crippen molar-refractivity contribution in [2.24, 2.45) is 0 Å². The standard InChI is InChI=1S/C18H17NO3S2/c1-3-22-13-9-6-5-8-12(13)19-17(20)15(14-10-7-11-24-14)16(18(19)21)23-4-2/h5-11H,3-4H2,1-2H3. The maximum absolute atomic E-state index is 13.0. The Hall–Kier alpha value is -2.05. The molecule has 1 aromatic carbocycles. The van der Waals surface area contributed by atoms with Gasteiger partial charge in [0, 0.05) is 4.88 Å². The predicted octanol–water partition coefficient (Wildman–Crippen LogP) is 4.18. The zero-order chi connectivity index (χ0) is 17.1. The van der Waals surface area contributed by atoms with Gasteiger partial charge in [0.15, 0.2) is 0 Å². The van der Waals surface area contributed by atoms with Crippen LogP contribution in [0.15, 0.2) is 46.7 Å². The van der Waals surface area contributed by atoms with Crippen molar-refractivity contribution in [3.8, 4) is 5.75 Å². The van der Waals surface area contributed by atoms with Gasteiger partial charge >= 0.3 is 0 Å². The highest BCUT2D eigenvalue weighted by Crippen LogP contribution is 2.42. The summed E-state index contributed by atoms with van der Waals surface area (Å²) in [5, 5.41) is 1.91. The highest BCUT2D eigenvalue weighted by Gasteiger charge is 2.41. The molecule has 24 heavy (non-hydrogen) atoms. The van der Waals surface area contributed by atoms with Gasteiger partial charge in [-0.3, -0.25) is 9.59 Å². The number of hydrogen-bond acceptors (Lipinski definition) is 5. The third-order valence-electron chi connectivity index (χ3n) is 3.50. The number of carbonyl (C=O) groups is 2. The second kappa shape index (κ2) is 7.23. The molecule has 0 saturated heterocycles. The van der Waals surface area contributed by atoms with E-state index in [1.165, 1.54) is 28.0 Å². The number of rotatable bonds is 6. The van der Waals surface area contributed by atoms with Gasteiger partial charge in [0.1, 0.15) is 5.75 Å². The largest absolute Gasteiger partial charge is 0.492 e. The van der Waals surface area contributed by atoms with Crippen LogP contribution in [-0.2, 0) is 9.59 Å². The van der Waals surface area contributed by atoms with Crippen molar-refractivity contribution >= 4 is 46.2 Å². The van der Waals surface area contributed by atoms with E-state index in [-0.39, 0.29) is 11.8 Å². The Bertz CT molecular complexity index is 796. The van der Waals surface area contributed by atoms with Crippen molar-refractivity contribution in [3.05, 3.63) is 51.6 Å². The molecule has 124 valence electrons. The molecule has 2 heterocycles. The van der Waals surface area contributed by atoms with E-state index in [0.29, 0.717) is 28.5 Å². The zero-order valence-corrected chi connectivity index (χ0v) is 15.1. The molecule has 2 aromatic rings. The van der Waals surface area contributed by atoms with Gasteiger partial charge in [-0.15, -0.1) is 23.1 Å². The lowest BCUT2D eigenvalue weighted by Crippen LogP contribution is -2.31. The summed E-state index contributed by atoms with van der Waals surface area (Å²) < 4.78 is 5.60. The van der Waals surface area contributed by atoms with Crippen LogP contribution in [-0.4, -0.2) is 24.2 Å². The van der Waals surface area contributed by atoms with E-state index in [2.05, 4.69) is 0 Å². The molecule has 0 fully saturated rings. The van der Waals surface area contributed by atoms with Gasteiger partial charge < -0.3 is 4.74 Å². The van der Waals surface area contributed by atoms with Crippen LogP contribution >= 0.6 is 23.1 Å². The molecule has 1 aliphatic heterocycles. The van der Waals surface area contributed by atoms with Gasteiger partial charge in [0.2, 0.25) is 0 Å². The minimum absolute atomic E-state index is 0.276. The smallest absolute Gasteiger partial charge is 0.272 e. The van der Waals surface area contributed by atoms with Gasteiger partial charge in [0.25, 0.3) is 11.8 Å². The number of benzene rings is 1. The molecule has 0 unspecified atom stereocenters. The van der Waals surface area contributed by atoms with E-state index in [9.17, 15) is 9.59 Å². The molecule has 0 radical (unpaired) electrons. The first-order valence-corrected chi connectivity index (χ1v) is 9.57. The van der Waals surface area contributed by atoms with Gasteiger partial charge in [-0.25, -0.2) is 4.90 Å². The third-order valence-corrected chi connectivity index (χ3v) is 5.35. The van der Waals surface area contributed by atoms with Gasteiger partial charge in [-0.2, -0.15) is 0 Å². The maximum Gasteiger partial charge on any atom is 0.272 e. The van der Waals surface area contributed by atoms with Crippen molar-refractivity contribution in [3.63, 3.8) is 0 Å². The Morgan fingerprint density at radius 2 is 1.88 bits per heavy atom. The number of nitrogens with zero attached hydrogens (tertiary/aromatic N) is 1. The first-order valence-electron chi connectivity index (χ1n) is 7.70. The number of thiophene rings is 1. The number of ether oxygens (including phenoxy) is 1. The van der Waals surface area contributed by atoms with E-state index < -0.39 is 0 Å². The predicted molar refractivity (Wildman–Crippen MR) is 99.5 cm³/mol. The van der Waals surface area contributed by atoms with Crippen molar-refractivity contribution < 1.29 is 14.3 Å².